The highest BCUT2D eigenvalue weighted by molar-refractivity contribution is 6.18. The van der Waals surface area contributed by atoms with E-state index in [1.165, 1.54) is 20.3 Å². The molecule has 1 aromatic rings. The number of benzene rings is 1. The van der Waals surface area contributed by atoms with Gasteiger partial charge in [-0.3, -0.25) is 0 Å². The topological polar surface area (TPSA) is 67.8 Å². The Bertz CT molecular complexity index is 456. The average molecular weight is 292 g/mol. The zero-order chi connectivity index (χ0) is 14.4. The Hall–Kier alpha value is -1.53. The Labute approximate surface area is 115 Å². The molecule has 0 aliphatic heterocycles. The number of carbonyl (C=O) groups is 1. The number of nitrogens with one attached hydrogen (secondary N) is 1. The van der Waals surface area contributed by atoms with E-state index in [1.54, 1.807) is 0 Å². The summed E-state index contributed by atoms with van der Waals surface area (Å²) in [5, 5.41) is 12.1. The molecule has 0 aliphatic rings. The van der Waals surface area contributed by atoms with Gasteiger partial charge in [-0.05, 0) is 12.1 Å². The van der Waals surface area contributed by atoms with E-state index in [0.29, 0.717) is 0 Å². The van der Waals surface area contributed by atoms with Crippen molar-refractivity contribution in [1.82, 2.24) is 0 Å². The number of hydrogen-bond donors (Lipinski definition) is 2. The maximum atomic E-state index is 13.8. The maximum absolute atomic E-state index is 13.8. The molecule has 0 radical (unpaired) electrons. The van der Waals surface area contributed by atoms with Gasteiger partial charge in [-0.15, -0.1) is 11.6 Å². The van der Waals surface area contributed by atoms with Crippen molar-refractivity contribution in [3.05, 3.63) is 23.5 Å². The molecule has 0 fully saturated rings. The van der Waals surface area contributed by atoms with Crippen LogP contribution in [0.25, 0.3) is 0 Å². The van der Waals surface area contributed by atoms with Crippen LogP contribution in [0.5, 0.6) is 5.75 Å². The van der Waals surface area contributed by atoms with Crippen molar-refractivity contribution in [1.29, 1.82) is 0 Å². The minimum Gasteiger partial charge on any atom is -0.492 e. The first-order valence-corrected chi connectivity index (χ1v) is 6.00. The van der Waals surface area contributed by atoms with E-state index in [2.05, 4.69) is 10.1 Å². The van der Waals surface area contributed by atoms with Crippen molar-refractivity contribution < 1.29 is 23.8 Å². The van der Waals surface area contributed by atoms with Crippen molar-refractivity contribution in [2.75, 3.05) is 32.0 Å². The first kappa shape index (κ1) is 15.5. The average Bonchev–Trinajstić information content (AvgIpc) is 2.43. The van der Waals surface area contributed by atoms with Gasteiger partial charge in [-0.1, -0.05) is 0 Å². The smallest absolute Gasteiger partial charge is 0.338 e. The Morgan fingerprint density at radius 2 is 2.21 bits per heavy atom. The fourth-order valence-corrected chi connectivity index (χ4v) is 1.56. The van der Waals surface area contributed by atoms with Crippen molar-refractivity contribution in [3.63, 3.8) is 0 Å². The molecular weight excluding hydrogens is 277 g/mol. The van der Waals surface area contributed by atoms with E-state index in [9.17, 15) is 14.3 Å². The molecule has 1 atom stereocenters. The van der Waals surface area contributed by atoms with Gasteiger partial charge in [0, 0.05) is 6.54 Å². The molecule has 5 nitrogen and oxygen atoms in total. The number of esters is 1. The molecule has 1 aromatic carbocycles. The molecule has 0 bridgehead atoms. The molecule has 0 saturated heterocycles. The van der Waals surface area contributed by atoms with E-state index in [-0.39, 0.29) is 29.4 Å². The number of alkyl halides is 1. The Balaban J connectivity index is 3.04. The summed E-state index contributed by atoms with van der Waals surface area (Å²) in [4.78, 5) is 11.4. The lowest BCUT2D eigenvalue weighted by molar-refractivity contribution is 0.0600. The first-order valence-electron chi connectivity index (χ1n) is 5.47. The van der Waals surface area contributed by atoms with Crippen LogP contribution in [0.4, 0.5) is 10.1 Å². The molecule has 2 N–H and O–H groups in total. The third-order valence-electron chi connectivity index (χ3n) is 2.38. The predicted octanol–water partition coefficient (Wildman–Crippen LogP) is 1.63. The Kier molecular flexibility index (Phi) is 5.85. The van der Waals surface area contributed by atoms with Crippen molar-refractivity contribution >= 4 is 23.3 Å². The lowest BCUT2D eigenvalue weighted by Crippen LogP contribution is -2.21. The summed E-state index contributed by atoms with van der Waals surface area (Å²) in [5.74, 6) is -1.38. The number of ether oxygens (including phenoxy) is 2. The molecule has 0 saturated carbocycles. The second-order valence-corrected chi connectivity index (χ2v) is 4.03. The number of rotatable bonds is 6. The van der Waals surface area contributed by atoms with Gasteiger partial charge in [0.1, 0.15) is 0 Å². The second-order valence-electron chi connectivity index (χ2n) is 3.72. The van der Waals surface area contributed by atoms with E-state index in [1.807, 2.05) is 0 Å². The highest BCUT2D eigenvalue weighted by Crippen LogP contribution is 2.29. The minimum absolute atomic E-state index is 0.0362. The summed E-state index contributed by atoms with van der Waals surface area (Å²) in [7, 11) is 2.51. The molecule has 1 unspecified atom stereocenters. The molecule has 1 rings (SSSR count). The Morgan fingerprint density at radius 1 is 1.53 bits per heavy atom. The third-order valence-corrected chi connectivity index (χ3v) is 2.73. The molecule has 0 aromatic heterocycles. The van der Waals surface area contributed by atoms with Gasteiger partial charge in [0.05, 0.1) is 37.5 Å². The molecule has 0 spiro atoms. The predicted molar refractivity (Wildman–Crippen MR) is 69.5 cm³/mol. The number of aliphatic hydroxyl groups is 1. The zero-order valence-corrected chi connectivity index (χ0v) is 11.3. The van der Waals surface area contributed by atoms with E-state index >= 15 is 0 Å². The standard InChI is InChI=1S/C12H15ClFNO4/c1-18-11-9(14)3-7(12(17)19-2)4-10(11)15-6-8(16)5-13/h3-4,8,15-16H,5-6H2,1-2H3. The van der Waals surface area contributed by atoms with Crippen LogP contribution >= 0.6 is 11.6 Å². The van der Waals surface area contributed by atoms with Crippen LogP contribution in [-0.2, 0) is 4.74 Å². The van der Waals surface area contributed by atoms with Gasteiger partial charge in [-0.25, -0.2) is 9.18 Å². The number of methoxy groups -OCH3 is 2. The van der Waals surface area contributed by atoms with Crippen LogP contribution in [0.3, 0.4) is 0 Å². The van der Waals surface area contributed by atoms with E-state index in [0.717, 1.165) is 6.07 Å². The highest BCUT2D eigenvalue weighted by Gasteiger charge is 2.16. The zero-order valence-electron chi connectivity index (χ0n) is 10.6. The number of carbonyl (C=O) groups excluding carboxylic acids is 1. The van der Waals surface area contributed by atoms with Crippen LogP contribution in [0.1, 0.15) is 10.4 Å². The summed E-state index contributed by atoms with van der Waals surface area (Å²) in [5.41, 5.74) is 0.288. The molecule has 0 amide bonds. The number of halogens is 2. The van der Waals surface area contributed by atoms with Crippen LogP contribution in [0, 0.1) is 5.82 Å². The molecule has 19 heavy (non-hydrogen) atoms. The van der Waals surface area contributed by atoms with Crippen molar-refractivity contribution in [2.45, 2.75) is 6.10 Å². The van der Waals surface area contributed by atoms with Crippen LogP contribution < -0.4 is 10.1 Å². The normalized spacial score (nSPS) is 11.8. The lowest BCUT2D eigenvalue weighted by atomic mass is 10.1. The molecule has 0 heterocycles. The van der Waals surface area contributed by atoms with Gasteiger partial charge < -0.3 is 19.9 Å². The van der Waals surface area contributed by atoms with Crippen molar-refractivity contribution in [3.8, 4) is 5.75 Å². The first-order chi connectivity index (χ1) is 9.03. The summed E-state index contributed by atoms with van der Waals surface area (Å²) in [6.07, 6.45) is -0.795. The summed E-state index contributed by atoms with van der Waals surface area (Å²) < 4.78 is 23.2. The van der Waals surface area contributed by atoms with Crippen molar-refractivity contribution in [2.24, 2.45) is 0 Å². The van der Waals surface area contributed by atoms with Gasteiger partial charge in [0.25, 0.3) is 0 Å². The Morgan fingerprint density at radius 3 is 2.74 bits per heavy atom. The van der Waals surface area contributed by atoms with Gasteiger partial charge >= 0.3 is 5.97 Å². The second kappa shape index (κ2) is 7.16. The number of anilines is 1. The van der Waals surface area contributed by atoms with Crippen LogP contribution in [0.2, 0.25) is 0 Å². The summed E-state index contributed by atoms with van der Waals surface area (Å²) in [6.45, 7) is 0.101. The molecule has 7 heteroatoms. The van der Waals surface area contributed by atoms with Gasteiger partial charge in [0.2, 0.25) is 0 Å². The molecule has 0 aliphatic carbocycles. The number of aliphatic hydroxyl groups excluding tert-OH is 1. The maximum Gasteiger partial charge on any atom is 0.338 e. The molecule has 106 valence electrons. The largest absolute Gasteiger partial charge is 0.492 e. The van der Waals surface area contributed by atoms with Crippen LogP contribution in [0.15, 0.2) is 12.1 Å². The highest BCUT2D eigenvalue weighted by atomic mass is 35.5. The van der Waals surface area contributed by atoms with E-state index in [4.69, 9.17) is 16.3 Å². The quantitative estimate of drug-likeness (QED) is 0.616. The minimum atomic E-state index is -0.795. The third kappa shape index (κ3) is 3.97. The monoisotopic (exact) mass is 291 g/mol. The van der Waals surface area contributed by atoms with Gasteiger partial charge in [-0.2, -0.15) is 0 Å². The van der Waals surface area contributed by atoms with Gasteiger partial charge in [0.15, 0.2) is 11.6 Å². The fraction of sp³-hybridized carbons (Fsp3) is 0.417. The number of hydrogen-bond acceptors (Lipinski definition) is 5. The summed E-state index contributed by atoms with van der Waals surface area (Å²) in [6, 6.07) is 2.41. The van der Waals surface area contributed by atoms with E-state index < -0.39 is 17.9 Å². The fourth-order valence-electron chi connectivity index (χ4n) is 1.45. The molecular formula is C12H15ClFNO4. The summed E-state index contributed by atoms with van der Waals surface area (Å²) >= 11 is 5.46. The lowest BCUT2D eigenvalue weighted by Gasteiger charge is -2.15. The SMILES string of the molecule is COC(=O)c1cc(F)c(OC)c(NCC(O)CCl)c1. The van der Waals surface area contributed by atoms with Crippen LogP contribution in [-0.4, -0.2) is 43.8 Å².